The van der Waals surface area contributed by atoms with Crippen molar-refractivity contribution in [2.75, 3.05) is 0 Å². The standard InChI is InChI=1S/C16H19N3O/c1-11-3-6-15(19(11)2)10-18-16(20)12-4-5-13-8-17-9-14(13)7-12/h3-7,17H,8-10H2,1-2H3,(H,18,20). The fourth-order valence-corrected chi connectivity index (χ4v) is 2.55. The number of hydrogen-bond donors (Lipinski definition) is 2. The highest BCUT2D eigenvalue weighted by Crippen LogP contribution is 2.17. The van der Waals surface area contributed by atoms with E-state index in [4.69, 9.17) is 0 Å². The van der Waals surface area contributed by atoms with E-state index in [0.717, 1.165) is 24.3 Å². The normalized spacial score (nSPS) is 13.3. The van der Waals surface area contributed by atoms with Gasteiger partial charge in [-0.3, -0.25) is 4.79 Å². The zero-order chi connectivity index (χ0) is 14.1. The van der Waals surface area contributed by atoms with Crippen LogP contribution in [0.15, 0.2) is 30.3 Å². The largest absolute Gasteiger partial charge is 0.350 e. The Morgan fingerprint density at radius 1 is 1.25 bits per heavy atom. The third kappa shape index (κ3) is 2.34. The van der Waals surface area contributed by atoms with Crippen molar-refractivity contribution in [1.82, 2.24) is 15.2 Å². The molecular weight excluding hydrogens is 250 g/mol. The Labute approximate surface area is 118 Å². The third-order valence-electron chi connectivity index (χ3n) is 4.01. The molecule has 0 bridgehead atoms. The number of aryl methyl sites for hydroxylation is 1. The van der Waals surface area contributed by atoms with Gasteiger partial charge in [0.15, 0.2) is 0 Å². The van der Waals surface area contributed by atoms with Gasteiger partial charge >= 0.3 is 0 Å². The van der Waals surface area contributed by atoms with Crippen molar-refractivity contribution in [1.29, 1.82) is 0 Å². The molecule has 0 radical (unpaired) electrons. The van der Waals surface area contributed by atoms with Gasteiger partial charge in [-0.2, -0.15) is 0 Å². The van der Waals surface area contributed by atoms with Gasteiger partial charge in [0.05, 0.1) is 6.54 Å². The smallest absolute Gasteiger partial charge is 0.251 e. The fourth-order valence-electron chi connectivity index (χ4n) is 2.55. The lowest BCUT2D eigenvalue weighted by Gasteiger charge is -2.08. The van der Waals surface area contributed by atoms with Crippen LogP contribution in [0.5, 0.6) is 0 Å². The number of rotatable bonds is 3. The van der Waals surface area contributed by atoms with E-state index in [1.165, 1.54) is 16.8 Å². The number of fused-ring (bicyclic) bond motifs is 1. The van der Waals surface area contributed by atoms with Crippen LogP contribution >= 0.6 is 0 Å². The maximum Gasteiger partial charge on any atom is 0.251 e. The number of carbonyl (C=O) groups excluding carboxylic acids is 1. The summed E-state index contributed by atoms with van der Waals surface area (Å²) in [6.45, 7) is 4.37. The first-order valence-corrected chi connectivity index (χ1v) is 6.87. The van der Waals surface area contributed by atoms with Crippen LogP contribution in [0.4, 0.5) is 0 Å². The lowest BCUT2D eigenvalue weighted by Crippen LogP contribution is -2.24. The molecule has 0 fully saturated rings. The molecule has 0 aliphatic carbocycles. The Morgan fingerprint density at radius 3 is 2.80 bits per heavy atom. The van der Waals surface area contributed by atoms with Crippen molar-refractivity contribution in [3.63, 3.8) is 0 Å². The Bertz CT molecular complexity index is 658. The van der Waals surface area contributed by atoms with Crippen LogP contribution in [-0.4, -0.2) is 10.5 Å². The van der Waals surface area contributed by atoms with Gasteiger partial charge in [0.2, 0.25) is 0 Å². The number of amides is 1. The summed E-state index contributed by atoms with van der Waals surface area (Å²) in [5.41, 5.74) is 5.56. The van der Waals surface area contributed by atoms with Gasteiger partial charge in [-0.1, -0.05) is 6.07 Å². The van der Waals surface area contributed by atoms with Crippen molar-refractivity contribution in [3.05, 3.63) is 58.4 Å². The second-order valence-electron chi connectivity index (χ2n) is 5.29. The number of hydrogen-bond acceptors (Lipinski definition) is 2. The van der Waals surface area contributed by atoms with Crippen molar-refractivity contribution >= 4 is 5.91 Å². The molecule has 4 nitrogen and oxygen atoms in total. The van der Waals surface area contributed by atoms with Gasteiger partial charge < -0.3 is 15.2 Å². The predicted molar refractivity (Wildman–Crippen MR) is 78.3 cm³/mol. The number of benzene rings is 1. The summed E-state index contributed by atoms with van der Waals surface area (Å²) in [5, 5.41) is 6.27. The molecule has 2 aromatic rings. The van der Waals surface area contributed by atoms with Crippen LogP contribution in [0.25, 0.3) is 0 Å². The molecule has 4 heteroatoms. The number of carbonyl (C=O) groups is 1. The zero-order valence-electron chi connectivity index (χ0n) is 11.9. The Hall–Kier alpha value is -2.07. The van der Waals surface area contributed by atoms with Crippen molar-refractivity contribution in [2.45, 2.75) is 26.6 Å². The molecule has 20 heavy (non-hydrogen) atoms. The summed E-state index contributed by atoms with van der Waals surface area (Å²) >= 11 is 0. The first-order chi connectivity index (χ1) is 9.65. The quantitative estimate of drug-likeness (QED) is 0.893. The van der Waals surface area contributed by atoms with E-state index < -0.39 is 0 Å². The van der Waals surface area contributed by atoms with Gasteiger partial charge in [-0.25, -0.2) is 0 Å². The maximum absolute atomic E-state index is 12.2. The van der Waals surface area contributed by atoms with Gasteiger partial charge in [-0.15, -0.1) is 0 Å². The molecule has 1 aromatic carbocycles. The molecule has 0 unspecified atom stereocenters. The Kier molecular flexibility index (Phi) is 3.32. The zero-order valence-corrected chi connectivity index (χ0v) is 11.9. The molecule has 0 saturated heterocycles. The lowest BCUT2D eigenvalue weighted by atomic mass is 10.1. The van der Waals surface area contributed by atoms with E-state index in [-0.39, 0.29) is 5.91 Å². The van der Waals surface area contributed by atoms with Crippen molar-refractivity contribution < 1.29 is 4.79 Å². The molecule has 1 aliphatic rings. The van der Waals surface area contributed by atoms with E-state index in [2.05, 4.69) is 28.2 Å². The average Bonchev–Trinajstić information content (AvgIpc) is 3.04. The van der Waals surface area contributed by atoms with Crippen molar-refractivity contribution in [2.24, 2.45) is 7.05 Å². The first-order valence-electron chi connectivity index (χ1n) is 6.87. The summed E-state index contributed by atoms with van der Waals surface area (Å²) in [6.07, 6.45) is 0. The molecular formula is C16H19N3O. The predicted octanol–water partition coefficient (Wildman–Crippen LogP) is 1.87. The summed E-state index contributed by atoms with van der Waals surface area (Å²) in [7, 11) is 2.01. The van der Waals surface area contributed by atoms with Crippen LogP contribution in [-0.2, 0) is 26.7 Å². The maximum atomic E-state index is 12.2. The van der Waals surface area contributed by atoms with Gasteiger partial charge in [-0.05, 0) is 42.3 Å². The minimum absolute atomic E-state index is 0.0152. The van der Waals surface area contributed by atoms with E-state index in [1.54, 1.807) is 0 Å². The first kappa shape index (κ1) is 12.9. The van der Waals surface area contributed by atoms with Crippen LogP contribution in [0, 0.1) is 6.92 Å². The van der Waals surface area contributed by atoms with E-state index in [0.29, 0.717) is 6.54 Å². The summed E-state index contributed by atoms with van der Waals surface area (Å²) in [6, 6.07) is 10.0. The Morgan fingerprint density at radius 2 is 2.05 bits per heavy atom. The topological polar surface area (TPSA) is 46.1 Å². The van der Waals surface area contributed by atoms with Crippen LogP contribution < -0.4 is 10.6 Å². The molecule has 104 valence electrons. The summed E-state index contributed by atoms with van der Waals surface area (Å²) in [4.78, 5) is 12.2. The molecule has 0 atom stereocenters. The van der Waals surface area contributed by atoms with Gasteiger partial charge in [0, 0.05) is 37.1 Å². The monoisotopic (exact) mass is 269 g/mol. The van der Waals surface area contributed by atoms with Crippen LogP contribution in [0.1, 0.15) is 32.9 Å². The highest BCUT2D eigenvalue weighted by Gasteiger charge is 2.13. The second-order valence-corrected chi connectivity index (χ2v) is 5.29. The highest BCUT2D eigenvalue weighted by molar-refractivity contribution is 5.94. The molecule has 2 N–H and O–H groups in total. The van der Waals surface area contributed by atoms with Gasteiger partial charge in [0.1, 0.15) is 0 Å². The molecule has 2 heterocycles. The molecule has 1 aliphatic heterocycles. The molecule has 3 rings (SSSR count). The molecule has 0 saturated carbocycles. The number of nitrogens with one attached hydrogen (secondary N) is 2. The van der Waals surface area contributed by atoms with Gasteiger partial charge in [0.25, 0.3) is 5.91 Å². The van der Waals surface area contributed by atoms with Crippen LogP contribution in [0.3, 0.4) is 0 Å². The molecule has 1 amide bonds. The fraction of sp³-hybridized carbons (Fsp3) is 0.312. The Balaban J connectivity index is 1.69. The number of nitrogens with zero attached hydrogens (tertiary/aromatic N) is 1. The highest BCUT2D eigenvalue weighted by atomic mass is 16.1. The van der Waals surface area contributed by atoms with E-state index >= 15 is 0 Å². The van der Waals surface area contributed by atoms with Crippen molar-refractivity contribution in [3.8, 4) is 0 Å². The third-order valence-corrected chi connectivity index (χ3v) is 4.01. The minimum Gasteiger partial charge on any atom is -0.350 e. The lowest BCUT2D eigenvalue weighted by molar-refractivity contribution is 0.0950. The molecule has 0 spiro atoms. The van der Waals surface area contributed by atoms with E-state index in [9.17, 15) is 4.79 Å². The second kappa shape index (κ2) is 5.13. The molecule has 1 aromatic heterocycles. The van der Waals surface area contributed by atoms with E-state index in [1.807, 2.05) is 31.3 Å². The summed E-state index contributed by atoms with van der Waals surface area (Å²) < 4.78 is 2.09. The number of aromatic nitrogens is 1. The minimum atomic E-state index is -0.0152. The summed E-state index contributed by atoms with van der Waals surface area (Å²) in [5.74, 6) is -0.0152. The SMILES string of the molecule is Cc1ccc(CNC(=O)c2ccc3c(c2)CNC3)n1C. The van der Waals surface area contributed by atoms with Crippen LogP contribution in [0.2, 0.25) is 0 Å². The average molecular weight is 269 g/mol.